The highest BCUT2D eigenvalue weighted by Gasteiger charge is 2.08. The van der Waals surface area contributed by atoms with E-state index >= 15 is 0 Å². The monoisotopic (exact) mass is 409 g/mol. The van der Waals surface area contributed by atoms with Crippen molar-refractivity contribution in [2.24, 2.45) is 0 Å². The molecule has 0 radical (unpaired) electrons. The molecule has 0 fully saturated rings. The third-order valence-electron chi connectivity index (χ3n) is 4.04. The van der Waals surface area contributed by atoms with Crippen molar-refractivity contribution in [1.29, 1.82) is 0 Å². The van der Waals surface area contributed by atoms with Gasteiger partial charge in [0.25, 0.3) is 0 Å². The molecule has 4 rings (SSSR count). The van der Waals surface area contributed by atoms with Crippen LogP contribution in [0.5, 0.6) is 11.5 Å². The molecule has 0 spiro atoms. The Hall–Kier alpha value is -2.82. The minimum atomic E-state index is 0.579. The molecule has 0 saturated heterocycles. The first-order chi connectivity index (χ1) is 14.6. The molecule has 162 valence electrons. The van der Waals surface area contributed by atoms with Crippen LogP contribution in [0.25, 0.3) is 0 Å². The number of aryl methyl sites for hydroxylation is 2. The molecule has 0 saturated carbocycles. The predicted octanol–water partition coefficient (Wildman–Crippen LogP) is 7.38. The zero-order chi connectivity index (χ0) is 22.4. The minimum absolute atomic E-state index is 0.579. The molecule has 0 aromatic heterocycles. The third-order valence-corrected chi connectivity index (χ3v) is 4.04. The second-order valence-electron chi connectivity index (χ2n) is 6.25. The fraction of sp³-hybridized carbons (Fsp3) is 0.308. The number of ether oxygens (including phenoxy) is 1. The van der Waals surface area contributed by atoms with Gasteiger partial charge in [-0.05, 0) is 49.2 Å². The van der Waals surface area contributed by atoms with Gasteiger partial charge < -0.3 is 10.5 Å². The Morgan fingerprint density at radius 2 is 1.27 bits per heavy atom. The second-order valence-corrected chi connectivity index (χ2v) is 6.25. The van der Waals surface area contributed by atoms with Crippen molar-refractivity contribution in [3.63, 3.8) is 0 Å². The van der Waals surface area contributed by atoms with Crippen LogP contribution in [-0.2, 0) is 23.0 Å². The Morgan fingerprint density at radius 3 is 1.90 bits per heavy atom. The molecule has 30 heavy (non-hydrogen) atoms. The van der Waals surface area contributed by atoms with Crippen LogP contribution in [0, 0.1) is 13.8 Å². The summed E-state index contributed by atoms with van der Waals surface area (Å²) in [5, 5.41) is 0. The van der Waals surface area contributed by atoms with E-state index in [2.05, 4.69) is 25.1 Å². The Labute approximate surface area is 181 Å². The number of nitrogen functional groups attached to an aromatic ring is 1. The summed E-state index contributed by atoms with van der Waals surface area (Å²) in [5.41, 5.74) is 11.4. The van der Waals surface area contributed by atoms with Crippen LogP contribution in [0.2, 0.25) is 0 Å². The number of para-hydroxylation sites is 2. The number of nitrogens with two attached hydrogens (primary N) is 1. The molecule has 3 aromatic rings. The minimum Gasteiger partial charge on any atom is -0.455 e. The highest BCUT2D eigenvalue weighted by atomic mass is 17.2. The van der Waals surface area contributed by atoms with Crippen LogP contribution < -0.4 is 10.5 Å². The SMILES string of the molecule is CC.CC.Cc1ccc(Oc2ccccc2N)cc1.Cc1ccc2c(c1)COOC2. The lowest BCUT2D eigenvalue weighted by molar-refractivity contribution is -0.322. The number of fused-ring (bicyclic) bond motifs is 1. The van der Waals surface area contributed by atoms with Gasteiger partial charge in [-0.15, -0.1) is 0 Å². The van der Waals surface area contributed by atoms with Gasteiger partial charge in [0.2, 0.25) is 0 Å². The van der Waals surface area contributed by atoms with Crippen molar-refractivity contribution in [2.75, 3.05) is 5.73 Å². The van der Waals surface area contributed by atoms with Gasteiger partial charge in [-0.25, -0.2) is 9.78 Å². The van der Waals surface area contributed by atoms with Crippen LogP contribution in [-0.4, -0.2) is 0 Å². The number of hydrogen-bond acceptors (Lipinski definition) is 4. The van der Waals surface area contributed by atoms with Gasteiger partial charge >= 0.3 is 0 Å². The molecular formula is C26H35NO3. The summed E-state index contributed by atoms with van der Waals surface area (Å²) >= 11 is 0. The van der Waals surface area contributed by atoms with Gasteiger partial charge in [-0.1, -0.05) is 81.3 Å². The van der Waals surface area contributed by atoms with Gasteiger partial charge in [-0.3, -0.25) is 0 Å². The van der Waals surface area contributed by atoms with Crippen LogP contribution in [0.3, 0.4) is 0 Å². The molecule has 0 atom stereocenters. The summed E-state index contributed by atoms with van der Waals surface area (Å²) < 4.78 is 5.64. The lowest BCUT2D eigenvalue weighted by Crippen LogP contribution is -2.07. The van der Waals surface area contributed by atoms with Crippen molar-refractivity contribution in [2.45, 2.75) is 54.8 Å². The van der Waals surface area contributed by atoms with E-state index in [0.717, 1.165) is 5.75 Å². The van der Waals surface area contributed by atoms with E-state index in [0.29, 0.717) is 24.7 Å². The molecule has 1 aliphatic heterocycles. The topological polar surface area (TPSA) is 53.7 Å². The van der Waals surface area contributed by atoms with Crippen LogP contribution in [0.15, 0.2) is 66.7 Å². The lowest BCUT2D eigenvalue weighted by Gasteiger charge is -2.15. The first kappa shape index (κ1) is 25.2. The molecule has 1 heterocycles. The van der Waals surface area contributed by atoms with E-state index in [4.69, 9.17) is 20.2 Å². The molecular weight excluding hydrogens is 374 g/mol. The summed E-state index contributed by atoms with van der Waals surface area (Å²) in [6, 6.07) is 21.7. The fourth-order valence-corrected chi connectivity index (χ4v) is 2.55. The maximum Gasteiger partial charge on any atom is 0.150 e. The molecule has 0 amide bonds. The van der Waals surface area contributed by atoms with Crippen molar-refractivity contribution >= 4 is 5.69 Å². The van der Waals surface area contributed by atoms with Crippen molar-refractivity contribution in [1.82, 2.24) is 0 Å². The number of rotatable bonds is 2. The number of anilines is 1. The molecule has 2 N–H and O–H groups in total. The maximum atomic E-state index is 5.77. The molecule has 4 heteroatoms. The Kier molecular flexibility index (Phi) is 11.9. The molecule has 0 bridgehead atoms. The summed E-state index contributed by atoms with van der Waals surface area (Å²) in [7, 11) is 0. The van der Waals surface area contributed by atoms with Gasteiger partial charge in [0.15, 0.2) is 0 Å². The first-order valence-corrected chi connectivity index (χ1v) is 10.5. The van der Waals surface area contributed by atoms with Gasteiger partial charge in [0, 0.05) is 0 Å². The maximum absolute atomic E-state index is 5.77. The van der Waals surface area contributed by atoms with Gasteiger partial charge in [-0.2, -0.15) is 0 Å². The zero-order valence-corrected chi connectivity index (χ0v) is 19.1. The lowest BCUT2D eigenvalue weighted by atomic mass is 10.1. The second kappa shape index (κ2) is 14.2. The summed E-state index contributed by atoms with van der Waals surface area (Å²) in [4.78, 5) is 9.69. The highest BCUT2D eigenvalue weighted by Crippen LogP contribution is 2.26. The highest BCUT2D eigenvalue weighted by molar-refractivity contribution is 5.53. The van der Waals surface area contributed by atoms with Crippen molar-refractivity contribution in [3.05, 3.63) is 89.0 Å². The molecule has 0 unspecified atom stereocenters. The molecule has 0 aliphatic carbocycles. The van der Waals surface area contributed by atoms with Crippen LogP contribution >= 0.6 is 0 Å². The summed E-state index contributed by atoms with van der Waals surface area (Å²) in [6.07, 6.45) is 0. The summed E-state index contributed by atoms with van der Waals surface area (Å²) in [5.74, 6) is 1.50. The molecule has 1 aliphatic rings. The van der Waals surface area contributed by atoms with E-state index in [-0.39, 0.29) is 0 Å². The van der Waals surface area contributed by atoms with Gasteiger partial charge in [0.05, 0.1) is 5.69 Å². The normalized spacial score (nSPS) is 11.3. The van der Waals surface area contributed by atoms with Gasteiger partial charge in [0.1, 0.15) is 24.7 Å². The molecule has 3 aromatic carbocycles. The van der Waals surface area contributed by atoms with E-state index in [1.807, 2.05) is 83.1 Å². The zero-order valence-electron chi connectivity index (χ0n) is 19.1. The smallest absolute Gasteiger partial charge is 0.150 e. The Bertz CT molecular complexity index is 860. The molecule has 4 nitrogen and oxygen atoms in total. The quantitative estimate of drug-likeness (QED) is 0.354. The first-order valence-electron chi connectivity index (χ1n) is 10.5. The van der Waals surface area contributed by atoms with E-state index in [1.165, 1.54) is 22.3 Å². The van der Waals surface area contributed by atoms with Crippen LogP contribution in [0.1, 0.15) is 49.9 Å². The predicted molar refractivity (Wildman–Crippen MR) is 126 cm³/mol. The van der Waals surface area contributed by atoms with E-state index < -0.39 is 0 Å². The average molecular weight is 410 g/mol. The van der Waals surface area contributed by atoms with Crippen molar-refractivity contribution < 1.29 is 14.5 Å². The van der Waals surface area contributed by atoms with Crippen molar-refractivity contribution in [3.8, 4) is 11.5 Å². The largest absolute Gasteiger partial charge is 0.455 e. The van der Waals surface area contributed by atoms with E-state index in [1.54, 1.807) is 0 Å². The number of benzene rings is 3. The standard InChI is InChI=1S/C13H13NO.C9H10O2.2C2H6/c1-10-6-8-11(9-7-10)15-13-5-3-2-4-12(13)14;1-7-2-3-8-5-10-11-6-9(8)4-7;2*1-2/h2-9H,14H2,1H3;2-4H,5-6H2,1H3;2*1-2H3. The third kappa shape index (κ3) is 8.27. The fourth-order valence-electron chi connectivity index (χ4n) is 2.55. The Balaban J connectivity index is 0.000000265. The number of hydrogen-bond donors (Lipinski definition) is 1. The summed E-state index contributed by atoms with van der Waals surface area (Å²) in [6.45, 7) is 13.3. The van der Waals surface area contributed by atoms with E-state index in [9.17, 15) is 0 Å². The average Bonchev–Trinajstić information content (AvgIpc) is 2.80. The Morgan fingerprint density at radius 1 is 0.700 bits per heavy atom. The van der Waals surface area contributed by atoms with Crippen LogP contribution in [0.4, 0.5) is 5.69 Å².